The second-order valence-electron chi connectivity index (χ2n) is 5.76. The van der Waals surface area contributed by atoms with Crippen molar-refractivity contribution in [2.45, 2.75) is 19.9 Å². The number of nitrogens with zero attached hydrogens (tertiary/aromatic N) is 2. The molecule has 0 saturated carbocycles. The molecule has 7 heteroatoms. The highest BCUT2D eigenvalue weighted by atomic mass is 35.5. The summed E-state index contributed by atoms with van der Waals surface area (Å²) in [6.45, 7) is 3.05. The summed E-state index contributed by atoms with van der Waals surface area (Å²) in [5.41, 5.74) is 3.93. The summed E-state index contributed by atoms with van der Waals surface area (Å²) >= 11 is 12.4. The standard InChI is InChI=1S/C16H14Cl2N4O/c1-8-6-19-15(20-8)16(23)22-5-4-12-10(7-22)9-2-3-11(17)13(18)14(9)21-12/h2-3,6,21H,4-5,7H2,1H3,(H,19,20). The second-order valence-corrected chi connectivity index (χ2v) is 6.54. The van der Waals surface area contributed by atoms with Crippen molar-refractivity contribution in [1.29, 1.82) is 0 Å². The lowest BCUT2D eigenvalue weighted by atomic mass is 10.0. The Kier molecular flexibility index (Phi) is 3.36. The average molecular weight is 349 g/mol. The second kappa shape index (κ2) is 5.28. The van der Waals surface area contributed by atoms with Crippen molar-refractivity contribution in [3.8, 4) is 0 Å². The van der Waals surface area contributed by atoms with E-state index in [-0.39, 0.29) is 5.91 Å². The van der Waals surface area contributed by atoms with Gasteiger partial charge in [-0.1, -0.05) is 29.3 Å². The molecule has 5 nitrogen and oxygen atoms in total. The summed E-state index contributed by atoms with van der Waals surface area (Å²) in [6.07, 6.45) is 2.42. The summed E-state index contributed by atoms with van der Waals surface area (Å²) in [6, 6.07) is 3.74. The van der Waals surface area contributed by atoms with Crippen molar-refractivity contribution < 1.29 is 4.79 Å². The third-order valence-corrected chi connectivity index (χ3v) is 5.04. The maximum Gasteiger partial charge on any atom is 0.289 e. The van der Waals surface area contributed by atoms with Gasteiger partial charge >= 0.3 is 0 Å². The van der Waals surface area contributed by atoms with Crippen LogP contribution in [0, 0.1) is 6.92 Å². The fraction of sp³-hybridized carbons (Fsp3) is 0.250. The first-order valence-electron chi connectivity index (χ1n) is 7.33. The lowest BCUT2D eigenvalue weighted by Crippen LogP contribution is -2.36. The molecule has 1 aromatic carbocycles. The van der Waals surface area contributed by atoms with Gasteiger partial charge in [0.1, 0.15) is 0 Å². The number of aryl methyl sites for hydroxylation is 1. The van der Waals surface area contributed by atoms with Gasteiger partial charge in [-0.25, -0.2) is 4.98 Å². The van der Waals surface area contributed by atoms with E-state index in [0.717, 1.165) is 34.3 Å². The number of benzene rings is 1. The Morgan fingerprint density at radius 3 is 2.87 bits per heavy atom. The SMILES string of the molecule is Cc1cnc(C(=O)N2CCc3[nH]c4c(Cl)c(Cl)ccc4c3C2)[nH]1. The number of H-pyrrole nitrogens is 2. The first-order chi connectivity index (χ1) is 11.0. The zero-order chi connectivity index (χ0) is 16.1. The zero-order valence-electron chi connectivity index (χ0n) is 12.4. The number of hydrogen-bond acceptors (Lipinski definition) is 2. The first-order valence-corrected chi connectivity index (χ1v) is 8.08. The fourth-order valence-electron chi connectivity index (χ4n) is 3.07. The number of carbonyl (C=O) groups excluding carboxylic acids is 1. The highest BCUT2D eigenvalue weighted by molar-refractivity contribution is 6.45. The van der Waals surface area contributed by atoms with Crippen LogP contribution in [0.4, 0.5) is 0 Å². The molecule has 1 amide bonds. The predicted molar refractivity (Wildman–Crippen MR) is 90.1 cm³/mol. The maximum absolute atomic E-state index is 12.6. The van der Waals surface area contributed by atoms with E-state index in [2.05, 4.69) is 15.0 Å². The van der Waals surface area contributed by atoms with E-state index < -0.39 is 0 Å². The molecule has 0 unspecified atom stereocenters. The fourth-order valence-corrected chi connectivity index (χ4v) is 3.44. The molecule has 2 aromatic heterocycles. The van der Waals surface area contributed by atoms with Gasteiger partial charge in [-0.2, -0.15) is 0 Å². The first kappa shape index (κ1) is 14.6. The van der Waals surface area contributed by atoms with Crippen molar-refractivity contribution in [1.82, 2.24) is 19.9 Å². The monoisotopic (exact) mass is 348 g/mol. The van der Waals surface area contributed by atoms with Crippen LogP contribution in [0.1, 0.15) is 27.6 Å². The van der Waals surface area contributed by atoms with E-state index in [9.17, 15) is 4.79 Å². The smallest absolute Gasteiger partial charge is 0.289 e. The molecule has 118 valence electrons. The van der Waals surface area contributed by atoms with Crippen LogP contribution in [0.2, 0.25) is 10.0 Å². The summed E-state index contributed by atoms with van der Waals surface area (Å²) in [5.74, 6) is 0.296. The molecule has 0 bridgehead atoms. The summed E-state index contributed by atoms with van der Waals surface area (Å²) < 4.78 is 0. The van der Waals surface area contributed by atoms with Gasteiger partial charge in [0.2, 0.25) is 0 Å². The molecule has 1 aliphatic rings. The van der Waals surface area contributed by atoms with Crippen molar-refractivity contribution in [2.24, 2.45) is 0 Å². The topological polar surface area (TPSA) is 64.8 Å². The molecule has 23 heavy (non-hydrogen) atoms. The molecule has 0 saturated heterocycles. The highest BCUT2D eigenvalue weighted by Crippen LogP contribution is 2.35. The summed E-state index contributed by atoms with van der Waals surface area (Å²) in [7, 11) is 0. The number of rotatable bonds is 1. The quantitative estimate of drug-likeness (QED) is 0.704. The van der Waals surface area contributed by atoms with Gasteiger partial charge in [-0.05, 0) is 13.0 Å². The predicted octanol–water partition coefficient (Wildman–Crippen LogP) is 3.70. The number of fused-ring (bicyclic) bond motifs is 3. The Balaban J connectivity index is 1.71. The Morgan fingerprint density at radius 2 is 2.13 bits per heavy atom. The van der Waals surface area contributed by atoms with Crippen LogP contribution in [-0.4, -0.2) is 32.3 Å². The van der Waals surface area contributed by atoms with Crippen molar-refractivity contribution in [2.75, 3.05) is 6.54 Å². The van der Waals surface area contributed by atoms with Gasteiger partial charge in [-0.3, -0.25) is 4.79 Å². The third kappa shape index (κ3) is 2.31. The molecule has 0 fully saturated rings. The Hall–Kier alpha value is -1.98. The molecule has 2 N–H and O–H groups in total. The van der Waals surface area contributed by atoms with Gasteiger partial charge in [0, 0.05) is 48.0 Å². The molecule has 1 aliphatic heterocycles. The number of imidazole rings is 1. The van der Waals surface area contributed by atoms with Crippen molar-refractivity contribution in [3.05, 3.63) is 51.2 Å². The largest absolute Gasteiger partial charge is 0.357 e. The molecule has 3 heterocycles. The van der Waals surface area contributed by atoms with Crippen molar-refractivity contribution in [3.63, 3.8) is 0 Å². The van der Waals surface area contributed by atoms with E-state index in [4.69, 9.17) is 23.2 Å². The minimum Gasteiger partial charge on any atom is -0.357 e. The van der Waals surface area contributed by atoms with E-state index in [1.54, 1.807) is 17.2 Å². The van der Waals surface area contributed by atoms with Gasteiger partial charge < -0.3 is 14.9 Å². The Bertz CT molecular complexity index is 928. The van der Waals surface area contributed by atoms with Crippen LogP contribution in [0.25, 0.3) is 10.9 Å². The molecule has 4 rings (SSSR count). The lowest BCUT2D eigenvalue weighted by molar-refractivity contribution is 0.0723. The summed E-state index contributed by atoms with van der Waals surface area (Å²) in [5, 5.41) is 2.07. The number of aromatic amines is 2. The molecular weight excluding hydrogens is 335 g/mol. The zero-order valence-corrected chi connectivity index (χ0v) is 13.9. The highest BCUT2D eigenvalue weighted by Gasteiger charge is 2.26. The summed E-state index contributed by atoms with van der Waals surface area (Å²) in [4.78, 5) is 24.9. The minimum absolute atomic E-state index is 0.0850. The Morgan fingerprint density at radius 1 is 1.30 bits per heavy atom. The molecule has 0 radical (unpaired) electrons. The number of amides is 1. The normalized spacial score (nSPS) is 14.3. The van der Waals surface area contributed by atoms with E-state index in [1.165, 1.54) is 0 Å². The molecular formula is C16H14Cl2N4O. The van der Waals surface area contributed by atoms with Crippen LogP contribution in [-0.2, 0) is 13.0 Å². The third-order valence-electron chi connectivity index (χ3n) is 4.23. The number of halogens is 2. The average Bonchev–Trinajstić information content (AvgIpc) is 3.13. The Labute approximate surface area is 142 Å². The van der Waals surface area contributed by atoms with Crippen LogP contribution in [0.15, 0.2) is 18.3 Å². The van der Waals surface area contributed by atoms with Crippen LogP contribution < -0.4 is 0 Å². The van der Waals surface area contributed by atoms with E-state index in [0.29, 0.717) is 29.0 Å². The number of hydrogen-bond donors (Lipinski definition) is 2. The van der Waals surface area contributed by atoms with Crippen LogP contribution >= 0.6 is 23.2 Å². The molecule has 3 aromatic rings. The minimum atomic E-state index is -0.0850. The van der Waals surface area contributed by atoms with Crippen LogP contribution in [0.5, 0.6) is 0 Å². The van der Waals surface area contributed by atoms with E-state index >= 15 is 0 Å². The van der Waals surface area contributed by atoms with Crippen LogP contribution in [0.3, 0.4) is 0 Å². The number of carbonyl (C=O) groups is 1. The van der Waals surface area contributed by atoms with Gasteiger partial charge in [-0.15, -0.1) is 0 Å². The van der Waals surface area contributed by atoms with Gasteiger partial charge in [0.05, 0.1) is 15.6 Å². The van der Waals surface area contributed by atoms with Gasteiger partial charge in [0.25, 0.3) is 5.91 Å². The van der Waals surface area contributed by atoms with E-state index in [1.807, 2.05) is 13.0 Å². The number of aromatic nitrogens is 3. The maximum atomic E-state index is 12.6. The van der Waals surface area contributed by atoms with Gasteiger partial charge in [0.15, 0.2) is 5.82 Å². The molecule has 0 aliphatic carbocycles. The molecule has 0 atom stereocenters. The molecule has 0 spiro atoms. The lowest BCUT2D eigenvalue weighted by Gasteiger charge is -2.26. The van der Waals surface area contributed by atoms with Crippen molar-refractivity contribution >= 4 is 40.0 Å². The number of nitrogens with one attached hydrogen (secondary N) is 2.